The second kappa shape index (κ2) is 4.93. The molecule has 16 heavy (non-hydrogen) atoms. The summed E-state index contributed by atoms with van der Waals surface area (Å²) < 4.78 is 1.65. The molecule has 4 nitrogen and oxygen atoms in total. The Balaban J connectivity index is 2.49. The molecule has 0 N–H and O–H groups in total. The lowest BCUT2D eigenvalue weighted by molar-refractivity contribution is 0.597. The van der Waals surface area contributed by atoms with E-state index in [9.17, 15) is 4.79 Å². The third-order valence-corrected chi connectivity index (χ3v) is 4.28. The van der Waals surface area contributed by atoms with Crippen LogP contribution in [0.1, 0.15) is 12.6 Å². The number of fused-ring (bicyclic) bond motifs is 1. The highest BCUT2D eigenvalue weighted by Crippen LogP contribution is 2.28. The number of rotatable bonds is 3. The molecule has 0 radical (unpaired) electrons. The number of nitrogens with zero attached hydrogens (tertiary/aromatic N) is 3. The molecule has 2 rings (SSSR count). The minimum absolute atomic E-state index is 0.0513. The van der Waals surface area contributed by atoms with Crippen molar-refractivity contribution in [2.75, 3.05) is 11.5 Å². The van der Waals surface area contributed by atoms with Gasteiger partial charge < -0.3 is 0 Å². The van der Waals surface area contributed by atoms with Crippen LogP contribution in [0.3, 0.4) is 0 Å². The topological polar surface area (TPSA) is 58.7 Å². The van der Waals surface area contributed by atoms with Gasteiger partial charge in [0.2, 0.25) is 0 Å². The maximum atomic E-state index is 12.1. The fraction of sp³-hybridized carbons (Fsp3) is 0.500. The third-order valence-electron chi connectivity index (χ3n) is 2.33. The van der Waals surface area contributed by atoms with Crippen LogP contribution in [0, 0.1) is 11.3 Å². The predicted molar refractivity (Wildman–Crippen MR) is 64.9 cm³/mol. The molecule has 6 heteroatoms. The maximum absolute atomic E-state index is 12.1. The standard InChI is InChI=1S/C10H11N3OS2/c1-2-13-9(14)8-7(3-5-15-8)12-10(13)16-6-4-11/h2-3,5-6H2,1H3. The molecule has 0 fully saturated rings. The smallest absolute Gasteiger partial charge is 0.268 e. The van der Waals surface area contributed by atoms with E-state index in [4.69, 9.17) is 5.26 Å². The molecule has 84 valence electrons. The summed E-state index contributed by atoms with van der Waals surface area (Å²) in [6.07, 6.45) is 0.861. The number of nitriles is 1. The Morgan fingerprint density at radius 2 is 2.50 bits per heavy atom. The summed E-state index contributed by atoms with van der Waals surface area (Å²) >= 11 is 2.92. The van der Waals surface area contributed by atoms with E-state index in [-0.39, 0.29) is 5.56 Å². The minimum Gasteiger partial charge on any atom is -0.287 e. The fourth-order valence-electron chi connectivity index (χ4n) is 1.61. The van der Waals surface area contributed by atoms with E-state index in [0.717, 1.165) is 22.8 Å². The summed E-state index contributed by atoms with van der Waals surface area (Å²) in [6.45, 7) is 2.53. The minimum atomic E-state index is 0.0513. The van der Waals surface area contributed by atoms with Gasteiger partial charge in [-0.1, -0.05) is 11.8 Å². The Kier molecular flexibility index (Phi) is 3.56. The highest BCUT2D eigenvalue weighted by molar-refractivity contribution is 7.99. The zero-order valence-electron chi connectivity index (χ0n) is 8.89. The molecule has 2 heterocycles. The van der Waals surface area contributed by atoms with E-state index < -0.39 is 0 Å². The van der Waals surface area contributed by atoms with Crippen LogP contribution in [0.5, 0.6) is 0 Å². The Labute approximate surface area is 102 Å². The van der Waals surface area contributed by atoms with Gasteiger partial charge in [-0.3, -0.25) is 9.36 Å². The molecule has 0 saturated carbocycles. The first-order chi connectivity index (χ1) is 7.77. The summed E-state index contributed by atoms with van der Waals surface area (Å²) in [7, 11) is 0. The zero-order chi connectivity index (χ0) is 11.5. The molecular formula is C10H11N3OS2. The van der Waals surface area contributed by atoms with Gasteiger partial charge in [-0.2, -0.15) is 5.26 Å². The molecular weight excluding hydrogens is 242 g/mol. The number of hydrogen-bond donors (Lipinski definition) is 0. The van der Waals surface area contributed by atoms with Gasteiger partial charge in [0.25, 0.3) is 5.56 Å². The van der Waals surface area contributed by atoms with Crippen molar-refractivity contribution in [1.29, 1.82) is 5.26 Å². The van der Waals surface area contributed by atoms with Gasteiger partial charge in [0.15, 0.2) is 5.16 Å². The number of aryl methyl sites for hydroxylation is 1. The van der Waals surface area contributed by atoms with Gasteiger partial charge in [-0.15, -0.1) is 11.8 Å². The monoisotopic (exact) mass is 253 g/mol. The Bertz CT molecular complexity index is 504. The summed E-state index contributed by atoms with van der Waals surface area (Å²) in [6, 6.07) is 2.06. The first kappa shape index (κ1) is 11.6. The van der Waals surface area contributed by atoms with Gasteiger partial charge >= 0.3 is 0 Å². The van der Waals surface area contributed by atoms with Crippen LogP contribution < -0.4 is 5.56 Å². The van der Waals surface area contributed by atoms with Gasteiger partial charge in [0.05, 0.1) is 22.4 Å². The Morgan fingerprint density at radius 3 is 3.19 bits per heavy atom. The second-order valence-electron chi connectivity index (χ2n) is 3.26. The molecule has 0 unspecified atom stereocenters. The third kappa shape index (κ3) is 1.97. The number of aromatic nitrogens is 2. The van der Waals surface area contributed by atoms with Crippen LogP contribution in [-0.2, 0) is 13.0 Å². The maximum Gasteiger partial charge on any atom is 0.268 e. The summed E-state index contributed by atoms with van der Waals surface area (Å²) in [4.78, 5) is 17.4. The quantitative estimate of drug-likeness (QED) is 0.604. The van der Waals surface area contributed by atoms with E-state index in [0.29, 0.717) is 17.5 Å². The Morgan fingerprint density at radius 1 is 1.69 bits per heavy atom. The average molecular weight is 253 g/mol. The van der Waals surface area contributed by atoms with Crippen molar-refractivity contribution in [3.8, 4) is 6.07 Å². The van der Waals surface area contributed by atoms with E-state index in [1.807, 2.05) is 6.92 Å². The molecule has 0 spiro atoms. The van der Waals surface area contributed by atoms with Gasteiger partial charge in [-0.05, 0) is 6.92 Å². The summed E-state index contributed by atoms with van der Waals surface area (Å²) in [5.41, 5.74) is 0.954. The van der Waals surface area contributed by atoms with E-state index in [1.165, 1.54) is 11.8 Å². The van der Waals surface area contributed by atoms with E-state index >= 15 is 0 Å². The fourth-order valence-corrected chi connectivity index (χ4v) is 3.39. The molecule has 1 aromatic heterocycles. The first-order valence-corrected chi connectivity index (χ1v) is 7.01. The SMILES string of the molecule is CCn1c(SCC#N)nc2c(c1=O)SCC2. The van der Waals surface area contributed by atoms with Crippen LogP contribution in [-0.4, -0.2) is 21.1 Å². The largest absolute Gasteiger partial charge is 0.287 e. The molecule has 1 aromatic rings. The predicted octanol–water partition coefficient (Wildman–Crippen LogP) is 1.53. The lowest BCUT2D eigenvalue weighted by Gasteiger charge is -2.09. The Hall–Kier alpha value is -0.930. The summed E-state index contributed by atoms with van der Waals surface area (Å²) in [5, 5.41) is 9.24. The van der Waals surface area contributed by atoms with Crippen molar-refractivity contribution < 1.29 is 0 Å². The first-order valence-electron chi connectivity index (χ1n) is 5.04. The molecule has 0 atom stereocenters. The second-order valence-corrected chi connectivity index (χ2v) is 5.31. The van der Waals surface area contributed by atoms with Gasteiger partial charge in [0.1, 0.15) is 0 Å². The van der Waals surface area contributed by atoms with Crippen LogP contribution in [0.2, 0.25) is 0 Å². The van der Waals surface area contributed by atoms with Gasteiger partial charge in [0, 0.05) is 18.7 Å². The summed E-state index contributed by atoms with van der Waals surface area (Å²) in [5.74, 6) is 1.27. The van der Waals surface area contributed by atoms with Crippen molar-refractivity contribution >= 4 is 23.5 Å². The lowest BCUT2D eigenvalue weighted by atomic mass is 10.3. The van der Waals surface area contributed by atoms with Crippen LogP contribution in [0.4, 0.5) is 0 Å². The molecule has 0 aromatic carbocycles. The molecule has 1 aliphatic rings. The molecule has 0 amide bonds. The van der Waals surface area contributed by atoms with Crippen molar-refractivity contribution in [2.45, 2.75) is 29.9 Å². The van der Waals surface area contributed by atoms with Crippen molar-refractivity contribution in [1.82, 2.24) is 9.55 Å². The van der Waals surface area contributed by atoms with E-state index in [2.05, 4.69) is 11.1 Å². The van der Waals surface area contributed by atoms with Crippen LogP contribution in [0.15, 0.2) is 14.8 Å². The lowest BCUT2D eigenvalue weighted by Crippen LogP contribution is -2.24. The van der Waals surface area contributed by atoms with Crippen LogP contribution in [0.25, 0.3) is 0 Å². The van der Waals surface area contributed by atoms with Crippen molar-refractivity contribution in [3.63, 3.8) is 0 Å². The average Bonchev–Trinajstić information content (AvgIpc) is 2.75. The molecule has 0 bridgehead atoms. The highest BCUT2D eigenvalue weighted by atomic mass is 32.2. The number of hydrogen-bond acceptors (Lipinski definition) is 5. The van der Waals surface area contributed by atoms with Crippen LogP contribution >= 0.6 is 23.5 Å². The van der Waals surface area contributed by atoms with Gasteiger partial charge in [-0.25, -0.2) is 4.98 Å². The van der Waals surface area contributed by atoms with E-state index in [1.54, 1.807) is 16.3 Å². The van der Waals surface area contributed by atoms with Crippen molar-refractivity contribution in [2.24, 2.45) is 0 Å². The normalized spacial score (nSPS) is 13.5. The number of thioether (sulfide) groups is 2. The molecule has 1 aliphatic heterocycles. The van der Waals surface area contributed by atoms with Crippen molar-refractivity contribution in [3.05, 3.63) is 16.0 Å². The highest BCUT2D eigenvalue weighted by Gasteiger charge is 2.20. The zero-order valence-corrected chi connectivity index (χ0v) is 10.5. The molecule has 0 saturated heterocycles. The molecule has 0 aliphatic carbocycles.